The largest absolute Gasteiger partial charge is 0.466 e. The van der Waals surface area contributed by atoms with Crippen LogP contribution in [0.5, 0.6) is 0 Å². The molecule has 0 aromatic heterocycles. The number of benzene rings is 1. The fraction of sp³-hybridized carbons (Fsp3) is 0.500. The summed E-state index contributed by atoms with van der Waals surface area (Å²) in [7, 11) is 0. The molecule has 2 rings (SSSR count). The van der Waals surface area contributed by atoms with Gasteiger partial charge in [0.1, 0.15) is 0 Å². The molecule has 0 bridgehead atoms. The molecule has 5 nitrogen and oxygen atoms in total. The third kappa shape index (κ3) is 4.48. The molecule has 1 aliphatic rings. The second-order valence-electron chi connectivity index (χ2n) is 5.10. The highest BCUT2D eigenvalue weighted by molar-refractivity contribution is 6.01. The second-order valence-corrected chi connectivity index (χ2v) is 5.10. The van der Waals surface area contributed by atoms with Gasteiger partial charge in [-0.3, -0.25) is 9.59 Å². The molecule has 0 aliphatic carbocycles. The molecule has 114 valence electrons. The zero-order valence-electron chi connectivity index (χ0n) is 12.4. The van der Waals surface area contributed by atoms with Gasteiger partial charge in [-0.1, -0.05) is 18.6 Å². The normalized spacial score (nSPS) is 13.6. The Hall–Kier alpha value is -2.04. The standard InChI is InChI=1S/C16H22N2O3/c1-2-21-16(20)10-4-3-7-11-18-12-15(19)17-13-8-5-6-9-14(13)18/h5-6,8-9H,2-4,7,10-12H2,1H3,(H,17,19). The first kappa shape index (κ1) is 15.4. The number of carbonyl (C=O) groups is 2. The molecular weight excluding hydrogens is 268 g/mol. The second kappa shape index (κ2) is 7.67. The fourth-order valence-electron chi connectivity index (χ4n) is 2.48. The maximum absolute atomic E-state index is 11.7. The lowest BCUT2D eigenvalue weighted by atomic mass is 10.1. The lowest BCUT2D eigenvalue weighted by molar-refractivity contribution is -0.143. The van der Waals surface area contributed by atoms with Crippen molar-refractivity contribution in [2.45, 2.75) is 32.6 Å². The van der Waals surface area contributed by atoms with Crippen molar-refractivity contribution < 1.29 is 14.3 Å². The Kier molecular flexibility index (Phi) is 5.60. The number of amides is 1. The van der Waals surface area contributed by atoms with Gasteiger partial charge < -0.3 is 15.0 Å². The van der Waals surface area contributed by atoms with E-state index in [1.807, 2.05) is 31.2 Å². The van der Waals surface area contributed by atoms with Crippen LogP contribution >= 0.6 is 0 Å². The Bertz CT molecular complexity index is 502. The van der Waals surface area contributed by atoms with E-state index in [9.17, 15) is 9.59 Å². The van der Waals surface area contributed by atoms with Crippen LogP contribution in [-0.2, 0) is 14.3 Å². The molecule has 1 N–H and O–H groups in total. The summed E-state index contributed by atoms with van der Waals surface area (Å²) in [6.07, 6.45) is 3.23. The van der Waals surface area contributed by atoms with E-state index in [1.165, 1.54) is 0 Å². The Morgan fingerprint density at radius 1 is 1.29 bits per heavy atom. The Labute approximate surface area is 125 Å². The van der Waals surface area contributed by atoms with E-state index in [2.05, 4.69) is 10.2 Å². The van der Waals surface area contributed by atoms with Crippen LogP contribution in [0.15, 0.2) is 24.3 Å². The molecule has 1 aromatic carbocycles. The summed E-state index contributed by atoms with van der Waals surface area (Å²) in [5.74, 6) is -0.0968. The first-order valence-electron chi connectivity index (χ1n) is 7.50. The summed E-state index contributed by atoms with van der Waals surface area (Å²) in [6, 6.07) is 7.83. The van der Waals surface area contributed by atoms with Crippen LogP contribution in [0.4, 0.5) is 11.4 Å². The maximum atomic E-state index is 11.7. The molecule has 5 heteroatoms. The van der Waals surface area contributed by atoms with Gasteiger partial charge in [0.05, 0.1) is 24.5 Å². The minimum Gasteiger partial charge on any atom is -0.466 e. The molecule has 21 heavy (non-hydrogen) atoms. The van der Waals surface area contributed by atoms with Gasteiger partial charge >= 0.3 is 5.97 Å². The predicted molar refractivity (Wildman–Crippen MR) is 82.4 cm³/mol. The van der Waals surface area contributed by atoms with Gasteiger partial charge in [0, 0.05) is 13.0 Å². The molecule has 0 unspecified atom stereocenters. The van der Waals surface area contributed by atoms with Crippen molar-refractivity contribution in [2.24, 2.45) is 0 Å². The highest BCUT2D eigenvalue weighted by atomic mass is 16.5. The van der Waals surface area contributed by atoms with Crippen molar-refractivity contribution in [1.29, 1.82) is 0 Å². The number of fused-ring (bicyclic) bond motifs is 1. The molecule has 1 amide bonds. The summed E-state index contributed by atoms with van der Waals surface area (Å²) in [6.45, 7) is 3.48. The van der Waals surface area contributed by atoms with E-state index >= 15 is 0 Å². The number of nitrogens with zero attached hydrogens (tertiary/aromatic N) is 1. The number of nitrogens with one attached hydrogen (secondary N) is 1. The zero-order valence-corrected chi connectivity index (χ0v) is 12.4. The SMILES string of the molecule is CCOC(=O)CCCCCN1CC(=O)Nc2ccccc21. The highest BCUT2D eigenvalue weighted by Crippen LogP contribution is 2.28. The van der Waals surface area contributed by atoms with E-state index < -0.39 is 0 Å². The highest BCUT2D eigenvalue weighted by Gasteiger charge is 2.20. The van der Waals surface area contributed by atoms with Crippen LogP contribution in [0, 0.1) is 0 Å². The Morgan fingerprint density at radius 2 is 2.10 bits per heavy atom. The van der Waals surface area contributed by atoms with Gasteiger partial charge in [-0.2, -0.15) is 0 Å². The number of para-hydroxylation sites is 2. The van der Waals surface area contributed by atoms with Gasteiger partial charge in [0.25, 0.3) is 0 Å². The lowest BCUT2D eigenvalue weighted by Gasteiger charge is -2.30. The molecule has 1 heterocycles. The van der Waals surface area contributed by atoms with Crippen molar-refractivity contribution in [3.63, 3.8) is 0 Å². The van der Waals surface area contributed by atoms with Crippen molar-refractivity contribution in [3.8, 4) is 0 Å². The monoisotopic (exact) mass is 290 g/mol. The van der Waals surface area contributed by atoms with Crippen LogP contribution in [-0.4, -0.2) is 31.6 Å². The van der Waals surface area contributed by atoms with Crippen LogP contribution in [0.2, 0.25) is 0 Å². The van der Waals surface area contributed by atoms with E-state index in [1.54, 1.807) is 0 Å². The van der Waals surface area contributed by atoms with E-state index in [-0.39, 0.29) is 11.9 Å². The number of hydrogen-bond acceptors (Lipinski definition) is 4. The minimum atomic E-state index is -0.125. The summed E-state index contributed by atoms with van der Waals surface area (Å²) >= 11 is 0. The molecule has 1 aliphatic heterocycles. The Balaban J connectivity index is 1.76. The number of hydrogen-bond donors (Lipinski definition) is 1. The first-order valence-corrected chi connectivity index (χ1v) is 7.50. The van der Waals surface area contributed by atoms with Crippen LogP contribution in [0.3, 0.4) is 0 Å². The van der Waals surface area contributed by atoms with Crippen LogP contribution < -0.4 is 10.2 Å². The van der Waals surface area contributed by atoms with Crippen molar-refractivity contribution in [3.05, 3.63) is 24.3 Å². The summed E-state index contributed by atoms with van der Waals surface area (Å²) in [4.78, 5) is 25.0. The number of anilines is 2. The number of rotatable bonds is 7. The first-order chi connectivity index (χ1) is 10.2. The molecule has 0 saturated heterocycles. The third-order valence-corrected chi connectivity index (χ3v) is 3.47. The van der Waals surface area contributed by atoms with E-state index in [4.69, 9.17) is 4.74 Å². The average molecular weight is 290 g/mol. The molecular formula is C16H22N2O3. The molecule has 1 aromatic rings. The number of unbranched alkanes of at least 4 members (excludes halogenated alkanes) is 2. The maximum Gasteiger partial charge on any atom is 0.305 e. The molecule has 0 radical (unpaired) electrons. The third-order valence-electron chi connectivity index (χ3n) is 3.47. The number of carbonyl (C=O) groups excluding carboxylic acids is 2. The summed E-state index contributed by atoms with van der Waals surface area (Å²) < 4.78 is 4.90. The Morgan fingerprint density at radius 3 is 2.90 bits per heavy atom. The quantitative estimate of drug-likeness (QED) is 0.619. The topological polar surface area (TPSA) is 58.6 Å². The lowest BCUT2D eigenvalue weighted by Crippen LogP contribution is -2.38. The zero-order chi connectivity index (χ0) is 15.1. The molecule has 0 spiro atoms. The van der Waals surface area contributed by atoms with Gasteiger partial charge in [0.15, 0.2) is 0 Å². The fourth-order valence-corrected chi connectivity index (χ4v) is 2.48. The van der Waals surface area contributed by atoms with Gasteiger partial charge in [-0.05, 0) is 31.9 Å². The van der Waals surface area contributed by atoms with E-state index in [0.717, 1.165) is 37.2 Å². The van der Waals surface area contributed by atoms with Crippen LogP contribution in [0.25, 0.3) is 0 Å². The van der Waals surface area contributed by atoms with Gasteiger partial charge in [-0.15, -0.1) is 0 Å². The molecule has 0 atom stereocenters. The smallest absolute Gasteiger partial charge is 0.305 e. The number of ether oxygens (including phenoxy) is 1. The van der Waals surface area contributed by atoms with Crippen molar-refractivity contribution in [2.75, 3.05) is 29.9 Å². The minimum absolute atomic E-state index is 0.0280. The van der Waals surface area contributed by atoms with Gasteiger partial charge in [0.2, 0.25) is 5.91 Å². The number of esters is 1. The van der Waals surface area contributed by atoms with Crippen molar-refractivity contribution in [1.82, 2.24) is 0 Å². The predicted octanol–water partition coefficient (Wildman–Crippen LogP) is 2.57. The van der Waals surface area contributed by atoms with Crippen LogP contribution in [0.1, 0.15) is 32.6 Å². The van der Waals surface area contributed by atoms with Crippen molar-refractivity contribution >= 4 is 23.3 Å². The van der Waals surface area contributed by atoms with E-state index in [0.29, 0.717) is 19.6 Å². The average Bonchev–Trinajstić information content (AvgIpc) is 2.47. The summed E-state index contributed by atoms with van der Waals surface area (Å²) in [5.41, 5.74) is 1.95. The molecule has 0 saturated carbocycles. The molecule has 0 fully saturated rings. The van der Waals surface area contributed by atoms with Gasteiger partial charge in [-0.25, -0.2) is 0 Å². The summed E-state index contributed by atoms with van der Waals surface area (Å²) in [5, 5.41) is 2.88.